The number of amides is 1. The van der Waals surface area contributed by atoms with E-state index < -0.39 is 15.6 Å². The number of nitrogens with zero attached hydrogens (tertiary/aromatic N) is 1. The Labute approximate surface area is 114 Å². The zero-order valence-corrected chi connectivity index (χ0v) is 12.5. The molecule has 1 atom stereocenters. The van der Waals surface area contributed by atoms with Crippen LogP contribution in [0.4, 0.5) is 4.79 Å². The molecule has 1 aliphatic heterocycles. The smallest absolute Gasteiger partial charge is 0.410 e. The molecule has 0 aromatic carbocycles. The average Bonchev–Trinajstić information content (AvgIpc) is 2.73. The van der Waals surface area contributed by atoms with E-state index in [1.807, 2.05) is 20.8 Å². The lowest BCUT2D eigenvalue weighted by atomic mass is 10.1. The number of carbonyl (C=O) groups is 1. The van der Waals surface area contributed by atoms with Crippen LogP contribution in [0.3, 0.4) is 0 Å². The van der Waals surface area contributed by atoms with Gasteiger partial charge in [0.15, 0.2) is 0 Å². The molecular weight excluding hydrogens is 268 g/mol. The Balaban J connectivity index is 2.42. The minimum Gasteiger partial charge on any atom is -0.444 e. The van der Waals surface area contributed by atoms with Crippen LogP contribution in [0.5, 0.6) is 0 Å². The summed E-state index contributed by atoms with van der Waals surface area (Å²) in [6, 6.07) is 0. The van der Waals surface area contributed by atoms with Gasteiger partial charge >= 0.3 is 6.09 Å². The normalized spacial score (nSPS) is 20.4. The summed E-state index contributed by atoms with van der Waals surface area (Å²) in [5.41, 5.74) is -0.514. The fourth-order valence-corrected chi connectivity index (χ4v) is 2.37. The Morgan fingerprint density at radius 3 is 2.68 bits per heavy atom. The van der Waals surface area contributed by atoms with Gasteiger partial charge in [-0.1, -0.05) is 6.58 Å². The van der Waals surface area contributed by atoms with Crippen LogP contribution < -0.4 is 4.72 Å². The summed E-state index contributed by atoms with van der Waals surface area (Å²) in [6.07, 6.45) is 0.417. The van der Waals surface area contributed by atoms with E-state index in [9.17, 15) is 13.2 Å². The first-order chi connectivity index (χ1) is 8.63. The molecule has 1 N–H and O–H groups in total. The molecule has 6 nitrogen and oxygen atoms in total. The minimum atomic E-state index is -3.39. The molecule has 1 heterocycles. The SMILES string of the molecule is C=CS(=O)(=O)NC[C@H]1CCN(C(=O)OC(C)(C)C)C1. The number of likely N-dealkylation sites (tertiary alicyclic amines) is 1. The third-order valence-corrected chi connectivity index (χ3v) is 3.74. The number of rotatable bonds is 4. The number of nitrogens with one attached hydrogen (secondary N) is 1. The first-order valence-electron chi connectivity index (χ1n) is 6.23. The third kappa shape index (κ3) is 5.61. The van der Waals surface area contributed by atoms with Crippen molar-refractivity contribution >= 4 is 16.1 Å². The molecule has 0 aliphatic carbocycles. The second-order valence-electron chi connectivity index (χ2n) is 5.64. The molecule has 0 unspecified atom stereocenters. The van der Waals surface area contributed by atoms with E-state index in [4.69, 9.17) is 4.74 Å². The number of carbonyl (C=O) groups excluding carboxylic acids is 1. The number of ether oxygens (including phenoxy) is 1. The van der Waals surface area contributed by atoms with E-state index in [2.05, 4.69) is 11.3 Å². The van der Waals surface area contributed by atoms with Gasteiger partial charge in [-0.2, -0.15) is 0 Å². The van der Waals surface area contributed by atoms with Gasteiger partial charge in [0.25, 0.3) is 0 Å². The monoisotopic (exact) mass is 290 g/mol. The molecule has 0 aromatic rings. The van der Waals surface area contributed by atoms with Crippen molar-refractivity contribution in [2.24, 2.45) is 5.92 Å². The maximum absolute atomic E-state index is 11.8. The van der Waals surface area contributed by atoms with Crippen molar-refractivity contribution in [3.8, 4) is 0 Å². The van der Waals surface area contributed by atoms with E-state index in [1.165, 1.54) is 0 Å². The van der Waals surface area contributed by atoms with Crippen LogP contribution in [-0.2, 0) is 14.8 Å². The highest BCUT2D eigenvalue weighted by Crippen LogP contribution is 2.19. The zero-order valence-electron chi connectivity index (χ0n) is 11.7. The average molecular weight is 290 g/mol. The Morgan fingerprint density at radius 1 is 1.53 bits per heavy atom. The van der Waals surface area contributed by atoms with Crippen LogP contribution in [0.15, 0.2) is 12.0 Å². The van der Waals surface area contributed by atoms with E-state index in [0.717, 1.165) is 11.8 Å². The number of hydrogen-bond donors (Lipinski definition) is 1. The van der Waals surface area contributed by atoms with Crippen molar-refractivity contribution in [2.75, 3.05) is 19.6 Å². The topological polar surface area (TPSA) is 75.7 Å². The summed E-state index contributed by atoms with van der Waals surface area (Å²) in [4.78, 5) is 13.4. The Morgan fingerprint density at radius 2 is 2.16 bits per heavy atom. The summed E-state index contributed by atoms with van der Waals surface area (Å²) < 4.78 is 30.2. The van der Waals surface area contributed by atoms with Gasteiger partial charge in [-0.15, -0.1) is 0 Å². The maximum Gasteiger partial charge on any atom is 0.410 e. The molecule has 19 heavy (non-hydrogen) atoms. The van der Waals surface area contributed by atoms with Crippen molar-refractivity contribution in [2.45, 2.75) is 32.8 Å². The van der Waals surface area contributed by atoms with Crippen molar-refractivity contribution in [3.05, 3.63) is 12.0 Å². The van der Waals surface area contributed by atoms with E-state index in [0.29, 0.717) is 19.6 Å². The second kappa shape index (κ2) is 5.92. The summed E-state index contributed by atoms with van der Waals surface area (Å²) in [7, 11) is -3.39. The maximum atomic E-state index is 11.8. The largest absolute Gasteiger partial charge is 0.444 e. The van der Waals surface area contributed by atoms with E-state index in [1.54, 1.807) is 4.90 Å². The molecule has 0 saturated carbocycles. The predicted octanol–water partition coefficient (Wildman–Crippen LogP) is 1.31. The fraction of sp³-hybridized carbons (Fsp3) is 0.750. The van der Waals surface area contributed by atoms with Crippen LogP contribution in [0, 0.1) is 5.92 Å². The molecular formula is C12H22N2O4S. The Hall–Kier alpha value is -1.08. The molecule has 1 aliphatic rings. The third-order valence-electron chi connectivity index (χ3n) is 2.73. The van der Waals surface area contributed by atoms with E-state index in [-0.39, 0.29) is 12.0 Å². The van der Waals surface area contributed by atoms with Crippen LogP contribution in [0.2, 0.25) is 0 Å². The molecule has 1 fully saturated rings. The van der Waals surface area contributed by atoms with Gasteiger partial charge in [-0.05, 0) is 33.1 Å². The highest BCUT2D eigenvalue weighted by atomic mass is 32.2. The van der Waals surface area contributed by atoms with Gasteiger partial charge < -0.3 is 9.64 Å². The first-order valence-corrected chi connectivity index (χ1v) is 7.77. The molecule has 7 heteroatoms. The lowest BCUT2D eigenvalue weighted by molar-refractivity contribution is 0.0288. The van der Waals surface area contributed by atoms with Crippen molar-refractivity contribution < 1.29 is 17.9 Å². The van der Waals surface area contributed by atoms with Crippen molar-refractivity contribution in [3.63, 3.8) is 0 Å². The fourth-order valence-electron chi connectivity index (χ4n) is 1.78. The molecule has 0 radical (unpaired) electrons. The molecule has 1 saturated heterocycles. The molecule has 1 rings (SSSR count). The quantitative estimate of drug-likeness (QED) is 0.847. The van der Waals surface area contributed by atoms with Crippen LogP contribution in [-0.4, -0.2) is 44.6 Å². The Bertz CT molecular complexity index is 439. The number of sulfonamides is 1. The predicted molar refractivity (Wildman–Crippen MR) is 73.0 cm³/mol. The molecule has 0 spiro atoms. The lowest BCUT2D eigenvalue weighted by Gasteiger charge is -2.24. The highest BCUT2D eigenvalue weighted by molar-refractivity contribution is 7.92. The van der Waals surface area contributed by atoms with Crippen LogP contribution >= 0.6 is 0 Å². The summed E-state index contributed by atoms with van der Waals surface area (Å²) in [6.45, 7) is 10.1. The zero-order chi connectivity index (χ0) is 14.7. The van der Waals surface area contributed by atoms with Gasteiger partial charge in [-0.3, -0.25) is 0 Å². The van der Waals surface area contributed by atoms with Crippen molar-refractivity contribution in [1.29, 1.82) is 0 Å². The van der Waals surface area contributed by atoms with Crippen LogP contribution in [0.1, 0.15) is 27.2 Å². The second-order valence-corrected chi connectivity index (χ2v) is 7.35. The van der Waals surface area contributed by atoms with Gasteiger partial charge in [0, 0.05) is 25.0 Å². The first kappa shape index (κ1) is 16.0. The summed E-state index contributed by atoms with van der Waals surface area (Å²) in [5, 5.41) is 0.883. The van der Waals surface area contributed by atoms with Gasteiger partial charge in [0.2, 0.25) is 10.0 Å². The molecule has 0 aromatic heterocycles. The molecule has 0 bridgehead atoms. The van der Waals surface area contributed by atoms with Gasteiger partial charge in [-0.25, -0.2) is 17.9 Å². The highest BCUT2D eigenvalue weighted by Gasteiger charge is 2.29. The van der Waals surface area contributed by atoms with Gasteiger partial charge in [0.05, 0.1) is 0 Å². The summed E-state index contributed by atoms with van der Waals surface area (Å²) >= 11 is 0. The van der Waals surface area contributed by atoms with Gasteiger partial charge in [0.1, 0.15) is 5.60 Å². The molecule has 110 valence electrons. The molecule has 1 amide bonds. The standard InChI is InChI=1S/C12H22N2O4S/c1-5-19(16,17)13-8-10-6-7-14(9-10)11(15)18-12(2,3)4/h5,10,13H,1,6-9H2,2-4H3/t10-/m1/s1. The van der Waals surface area contributed by atoms with E-state index >= 15 is 0 Å². The lowest BCUT2D eigenvalue weighted by Crippen LogP contribution is -2.36. The van der Waals surface area contributed by atoms with Crippen molar-refractivity contribution in [1.82, 2.24) is 9.62 Å². The Kier molecular flexibility index (Phi) is 4.98. The number of hydrogen-bond acceptors (Lipinski definition) is 4. The summed E-state index contributed by atoms with van der Waals surface area (Å²) in [5.74, 6) is 0.113. The minimum absolute atomic E-state index is 0.113. The van der Waals surface area contributed by atoms with Crippen LogP contribution in [0.25, 0.3) is 0 Å².